The zero-order chi connectivity index (χ0) is 10.7. The Hall–Kier alpha value is -0.0800. The molecule has 2 nitrogen and oxygen atoms in total. The highest BCUT2D eigenvalue weighted by atomic mass is 15.1. The number of likely N-dealkylation sites (tertiary alicyclic amines) is 1. The summed E-state index contributed by atoms with van der Waals surface area (Å²) in [5.74, 6) is 0.920. The molecule has 0 spiro atoms. The summed E-state index contributed by atoms with van der Waals surface area (Å²) in [7, 11) is 0. The van der Waals surface area contributed by atoms with E-state index in [0.29, 0.717) is 5.41 Å². The third-order valence-corrected chi connectivity index (χ3v) is 4.16. The molecule has 0 amide bonds. The summed E-state index contributed by atoms with van der Waals surface area (Å²) in [6.07, 6.45) is 5.57. The van der Waals surface area contributed by atoms with E-state index in [2.05, 4.69) is 24.1 Å². The average Bonchev–Trinajstić information content (AvgIpc) is 2.18. The van der Waals surface area contributed by atoms with Crippen LogP contribution in [0.3, 0.4) is 0 Å². The van der Waals surface area contributed by atoms with Gasteiger partial charge in [-0.2, -0.15) is 0 Å². The first kappa shape index (κ1) is 11.4. The Morgan fingerprint density at radius 3 is 2.73 bits per heavy atom. The largest absolute Gasteiger partial charge is 0.317 e. The van der Waals surface area contributed by atoms with Crippen LogP contribution in [0.1, 0.15) is 39.5 Å². The van der Waals surface area contributed by atoms with Gasteiger partial charge in [0.15, 0.2) is 0 Å². The second kappa shape index (κ2) is 4.84. The van der Waals surface area contributed by atoms with Gasteiger partial charge in [0.2, 0.25) is 0 Å². The van der Waals surface area contributed by atoms with E-state index in [1.54, 1.807) is 0 Å². The van der Waals surface area contributed by atoms with Gasteiger partial charge in [-0.05, 0) is 56.7 Å². The van der Waals surface area contributed by atoms with Gasteiger partial charge in [0.05, 0.1) is 0 Å². The SMILES string of the molecule is CC1CCCN(CC2(C)CCNCC2)C1. The highest BCUT2D eigenvalue weighted by molar-refractivity contribution is 4.85. The van der Waals surface area contributed by atoms with E-state index in [1.807, 2.05) is 0 Å². The predicted molar refractivity (Wildman–Crippen MR) is 65.0 cm³/mol. The van der Waals surface area contributed by atoms with E-state index >= 15 is 0 Å². The van der Waals surface area contributed by atoms with Gasteiger partial charge in [-0.25, -0.2) is 0 Å². The molecule has 1 N–H and O–H groups in total. The summed E-state index contributed by atoms with van der Waals surface area (Å²) in [4.78, 5) is 2.71. The number of nitrogens with zero attached hydrogens (tertiary/aromatic N) is 1. The van der Waals surface area contributed by atoms with Crippen LogP contribution in [-0.2, 0) is 0 Å². The maximum Gasteiger partial charge on any atom is 0.00364 e. The molecule has 0 aromatic heterocycles. The zero-order valence-corrected chi connectivity index (χ0v) is 10.4. The van der Waals surface area contributed by atoms with Crippen LogP contribution in [0.25, 0.3) is 0 Å². The minimum Gasteiger partial charge on any atom is -0.317 e. The Balaban J connectivity index is 1.83. The minimum atomic E-state index is 0.586. The van der Waals surface area contributed by atoms with E-state index in [9.17, 15) is 0 Å². The molecule has 0 aromatic rings. The van der Waals surface area contributed by atoms with E-state index in [-0.39, 0.29) is 0 Å². The van der Waals surface area contributed by atoms with Crippen LogP contribution in [0.4, 0.5) is 0 Å². The van der Waals surface area contributed by atoms with E-state index in [4.69, 9.17) is 0 Å². The molecule has 0 aliphatic carbocycles. The zero-order valence-electron chi connectivity index (χ0n) is 10.4. The van der Waals surface area contributed by atoms with E-state index in [0.717, 1.165) is 5.92 Å². The highest BCUT2D eigenvalue weighted by Crippen LogP contribution is 2.30. The molecule has 2 saturated heterocycles. The van der Waals surface area contributed by atoms with Crippen LogP contribution in [0.2, 0.25) is 0 Å². The Morgan fingerprint density at radius 2 is 2.07 bits per heavy atom. The molecule has 0 bridgehead atoms. The summed E-state index contributed by atoms with van der Waals surface area (Å²) >= 11 is 0. The van der Waals surface area contributed by atoms with E-state index < -0.39 is 0 Å². The molecule has 0 saturated carbocycles. The number of hydrogen-bond acceptors (Lipinski definition) is 2. The van der Waals surface area contributed by atoms with Crippen molar-refractivity contribution in [2.75, 3.05) is 32.7 Å². The maximum absolute atomic E-state index is 3.47. The van der Waals surface area contributed by atoms with Gasteiger partial charge in [0, 0.05) is 13.1 Å². The van der Waals surface area contributed by atoms with Gasteiger partial charge >= 0.3 is 0 Å². The fourth-order valence-electron chi connectivity index (χ4n) is 3.16. The lowest BCUT2D eigenvalue weighted by Gasteiger charge is -2.41. The molecular weight excluding hydrogens is 184 g/mol. The van der Waals surface area contributed by atoms with Gasteiger partial charge in [-0.3, -0.25) is 0 Å². The molecular formula is C13H26N2. The predicted octanol–water partition coefficient (Wildman–Crippen LogP) is 2.11. The van der Waals surface area contributed by atoms with Crippen LogP contribution in [0, 0.1) is 11.3 Å². The van der Waals surface area contributed by atoms with E-state index in [1.165, 1.54) is 58.4 Å². The lowest BCUT2D eigenvalue weighted by atomic mass is 9.80. The second-order valence-corrected chi connectivity index (χ2v) is 6.04. The van der Waals surface area contributed by atoms with Crippen molar-refractivity contribution in [3.8, 4) is 0 Å². The molecule has 1 unspecified atom stereocenters. The van der Waals surface area contributed by atoms with Gasteiger partial charge in [0.25, 0.3) is 0 Å². The number of nitrogens with one attached hydrogen (secondary N) is 1. The maximum atomic E-state index is 3.47. The first-order chi connectivity index (χ1) is 7.18. The standard InChI is InChI=1S/C13H26N2/c1-12-4-3-9-15(10-12)11-13(2)5-7-14-8-6-13/h12,14H,3-11H2,1-2H3. The number of rotatable bonds is 2. The molecule has 2 fully saturated rings. The molecule has 88 valence electrons. The van der Waals surface area contributed by atoms with Gasteiger partial charge in [-0.15, -0.1) is 0 Å². The molecule has 2 rings (SSSR count). The smallest absolute Gasteiger partial charge is 0.00364 e. The molecule has 2 aliphatic heterocycles. The Kier molecular flexibility index (Phi) is 3.68. The summed E-state index contributed by atoms with van der Waals surface area (Å²) in [5.41, 5.74) is 0.586. The summed E-state index contributed by atoms with van der Waals surface area (Å²) in [6, 6.07) is 0. The summed E-state index contributed by atoms with van der Waals surface area (Å²) < 4.78 is 0. The third-order valence-electron chi connectivity index (χ3n) is 4.16. The molecule has 0 aromatic carbocycles. The summed E-state index contributed by atoms with van der Waals surface area (Å²) in [6.45, 7) is 11.3. The fraction of sp³-hybridized carbons (Fsp3) is 1.00. The molecule has 2 heterocycles. The van der Waals surface area contributed by atoms with Crippen LogP contribution >= 0.6 is 0 Å². The van der Waals surface area contributed by atoms with Gasteiger partial charge in [0.1, 0.15) is 0 Å². The van der Waals surface area contributed by atoms with Crippen molar-refractivity contribution in [3.05, 3.63) is 0 Å². The topological polar surface area (TPSA) is 15.3 Å². The number of hydrogen-bond donors (Lipinski definition) is 1. The Morgan fingerprint density at radius 1 is 1.33 bits per heavy atom. The minimum absolute atomic E-state index is 0.586. The average molecular weight is 210 g/mol. The molecule has 0 radical (unpaired) electrons. The van der Waals surface area contributed by atoms with Crippen molar-refractivity contribution >= 4 is 0 Å². The monoisotopic (exact) mass is 210 g/mol. The number of piperidine rings is 2. The van der Waals surface area contributed by atoms with Gasteiger partial charge < -0.3 is 10.2 Å². The molecule has 2 heteroatoms. The molecule has 15 heavy (non-hydrogen) atoms. The first-order valence-electron chi connectivity index (χ1n) is 6.61. The Labute approximate surface area is 94.4 Å². The van der Waals surface area contributed by atoms with Crippen LogP contribution in [0.15, 0.2) is 0 Å². The lowest BCUT2D eigenvalue weighted by Crippen LogP contribution is -2.45. The van der Waals surface area contributed by atoms with Crippen LogP contribution in [0.5, 0.6) is 0 Å². The molecule has 2 aliphatic rings. The summed E-state index contributed by atoms with van der Waals surface area (Å²) in [5, 5.41) is 3.47. The lowest BCUT2D eigenvalue weighted by molar-refractivity contribution is 0.0945. The molecule has 1 atom stereocenters. The first-order valence-corrected chi connectivity index (χ1v) is 6.61. The second-order valence-electron chi connectivity index (χ2n) is 6.04. The van der Waals surface area contributed by atoms with Crippen molar-refractivity contribution in [1.29, 1.82) is 0 Å². The fourth-order valence-corrected chi connectivity index (χ4v) is 3.16. The van der Waals surface area contributed by atoms with Crippen molar-refractivity contribution in [2.24, 2.45) is 11.3 Å². The van der Waals surface area contributed by atoms with Crippen LogP contribution < -0.4 is 5.32 Å². The van der Waals surface area contributed by atoms with Crippen molar-refractivity contribution in [2.45, 2.75) is 39.5 Å². The van der Waals surface area contributed by atoms with Crippen molar-refractivity contribution < 1.29 is 0 Å². The van der Waals surface area contributed by atoms with Crippen molar-refractivity contribution in [3.63, 3.8) is 0 Å². The van der Waals surface area contributed by atoms with Crippen LogP contribution in [-0.4, -0.2) is 37.6 Å². The normalized spacial score (nSPS) is 32.8. The van der Waals surface area contributed by atoms with Gasteiger partial charge in [-0.1, -0.05) is 13.8 Å². The highest BCUT2D eigenvalue weighted by Gasteiger charge is 2.30. The Bertz CT molecular complexity index is 197. The quantitative estimate of drug-likeness (QED) is 0.751. The third kappa shape index (κ3) is 3.18. The van der Waals surface area contributed by atoms with Crippen molar-refractivity contribution in [1.82, 2.24) is 10.2 Å².